The highest BCUT2D eigenvalue weighted by atomic mass is 32.1. The summed E-state index contributed by atoms with van der Waals surface area (Å²) in [5.41, 5.74) is 6.37. The third-order valence-corrected chi connectivity index (χ3v) is 4.62. The Kier molecular flexibility index (Phi) is 3.79. The number of nitrogen functional groups attached to an aromatic ring is 1. The molecule has 0 aliphatic carbocycles. The van der Waals surface area contributed by atoms with Crippen molar-refractivity contribution in [2.24, 2.45) is 0 Å². The summed E-state index contributed by atoms with van der Waals surface area (Å²) >= 11 is 1.34. The van der Waals surface area contributed by atoms with Gasteiger partial charge in [-0.2, -0.15) is 0 Å². The minimum absolute atomic E-state index is 0.119. The van der Waals surface area contributed by atoms with Gasteiger partial charge in [-0.1, -0.05) is 0 Å². The minimum Gasteiger partial charge on any atom is -0.451 e. The Hall–Kier alpha value is -2.08. The van der Waals surface area contributed by atoms with Gasteiger partial charge in [-0.3, -0.25) is 4.79 Å². The van der Waals surface area contributed by atoms with E-state index in [-0.39, 0.29) is 12.5 Å². The van der Waals surface area contributed by atoms with E-state index in [1.54, 1.807) is 17.0 Å². The fourth-order valence-corrected chi connectivity index (χ4v) is 3.36. The summed E-state index contributed by atoms with van der Waals surface area (Å²) in [6.07, 6.45) is 2.05. The molecular formula is C15H16N2O3S. The fourth-order valence-electron chi connectivity index (χ4n) is 2.42. The maximum Gasteiger partial charge on any atom is 0.348 e. The summed E-state index contributed by atoms with van der Waals surface area (Å²) in [4.78, 5) is 26.1. The molecule has 0 unspecified atom stereocenters. The van der Waals surface area contributed by atoms with E-state index in [0.29, 0.717) is 10.6 Å². The van der Waals surface area contributed by atoms with Crippen LogP contribution in [-0.4, -0.2) is 36.5 Å². The molecule has 6 heteroatoms. The molecule has 1 aliphatic heterocycles. The van der Waals surface area contributed by atoms with Crippen LogP contribution in [0.1, 0.15) is 22.5 Å². The molecule has 2 N–H and O–H groups in total. The van der Waals surface area contributed by atoms with Crippen molar-refractivity contribution in [3.8, 4) is 0 Å². The molecule has 5 nitrogen and oxygen atoms in total. The highest BCUT2D eigenvalue weighted by molar-refractivity contribution is 7.20. The highest BCUT2D eigenvalue weighted by Gasteiger charge is 2.20. The number of esters is 1. The van der Waals surface area contributed by atoms with Gasteiger partial charge in [0.25, 0.3) is 5.91 Å². The molecular weight excluding hydrogens is 288 g/mol. The second-order valence-electron chi connectivity index (χ2n) is 5.07. The predicted octanol–water partition coefficient (Wildman–Crippen LogP) is 2.26. The molecule has 2 heterocycles. The number of hydrogen-bond acceptors (Lipinski definition) is 5. The summed E-state index contributed by atoms with van der Waals surface area (Å²) in [6, 6.07) is 7.24. The largest absolute Gasteiger partial charge is 0.451 e. The molecule has 1 fully saturated rings. The van der Waals surface area contributed by atoms with E-state index in [4.69, 9.17) is 10.5 Å². The summed E-state index contributed by atoms with van der Waals surface area (Å²) < 4.78 is 6.09. The Balaban J connectivity index is 1.65. The molecule has 1 aliphatic rings. The van der Waals surface area contributed by atoms with E-state index in [2.05, 4.69) is 0 Å². The second-order valence-corrected chi connectivity index (χ2v) is 6.16. The Morgan fingerprint density at radius 2 is 2.00 bits per heavy atom. The van der Waals surface area contributed by atoms with E-state index in [0.717, 1.165) is 36.0 Å². The average Bonchev–Trinajstić information content (AvgIpc) is 3.12. The second kappa shape index (κ2) is 5.73. The smallest absolute Gasteiger partial charge is 0.348 e. The van der Waals surface area contributed by atoms with Crippen LogP contribution in [-0.2, 0) is 9.53 Å². The van der Waals surface area contributed by atoms with E-state index in [9.17, 15) is 9.59 Å². The van der Waals surface area contributed by atoms with Crippen molar-refractivity contribution >= 4 is 39.0 Å². The quantitative estimate of drug-likeness (QED) is 0.697. The highest BCUT2D eigenvalue weighted by Crippen LogP contribution is 2.27. The van der Waals surface area contributed by atoms with Gasteiger partial charge in [-0.25, -0.2) is 4.79 Å². The zero-order chi connectivity index (χ0) is 14.8. The summed E-state index contributed by atoms with van der Waals surface area (Å²) in [5, 5.41) is 0.915. The fraction of sp³-hybridized carbons (Fsp3) is 0.333. The average molecular weight is 304 g/mol. The number of carbonyl (C=O) groups excluding carboxylic acids is 2. The van der Waals surface area contributed by atoms with E-state index >= 15 is 0 Å². The third kappa shape index (κ3) is 3.00. The van der Waals surface area contributed by atoms with Crippen LogP contribution in [0.2, 0.25) is 0 Å². The number of nitrogens with zero attached hydrogens (tertiary/aromatic N) is 1. The number of fused-ring (bicyclic) bond motifs is 1. The van der Waals surface area contributed by atoms with Gasteiger partial charge in [-0.05, 0) is 42.5 Å². The van der Waals surface area contributed by atoms with Crippen molar-refractivity contribution in [1.82, 2.24) is 4.90 Å². The third-order valence-electron chi connectivity index (χ3n) is 3.53. The number of likely N-dealkylation sites (tertiary alicyclic amines) is 1. The first kappa shape index (κ1) is 13.9. The number of anilines is 1. The lowest BCUT2D eigenvalue weighted by Gasteiger charge is -2.14. The van der Waals surface area contributed by atoms with Crippen molar-refractivity contribution in [2.45, 2.75) is 12.8 Å². The van der Waals surface area contributed by atoms with Gasteiger partial charge in [0.1, 0.15) is 4.88 Å². The van der Waals surface area contributed by atoms with Gasteiger partial charge in [0.15, 0.2) is 6.61 Å². The van der Waals surface area contributed by atoms with E-state index in [1.165, 1.54) is 11.3 Å². The molecule has 110 valence electrons. The first-order chi connectivity index (χ1) is 10.1. The maximum atomic E-state index is 12.0. The molecule has 0 radical (unpaired) electrons. The Morgan fingerprint density at radius 1 is 1.24 bits per heavy atom. The molecule has 0 atom stereocenters. The molecule has 0 spiro atoms. The monoisotopic (exact) mass is 304 g/mol. The molecule has 1 saturated heterocycles. The number of amides is 1. The van der Waals surface area contributed by atoms with Crippen LogP contribution in [0.5, 0.6) is 0 Å². The van der Waals surface area contributed by atoms with Gasteiger partial charge in [0.05, 0.1) is 0 Å². The van der Waals surface area contributed by atoms with E-state index < -0.39 is 5.97 Å². The van der Waals surface area contributed by atoms with Crippen LogP contribution in [0.15, 0.2) is 24.3 Å². The summed E-state index contributed by atoms with van der Waals surface area (Å²) in [6.45, 7) is 1.34. The maximum absolute atomic E-state index is 12.0. The number of nitrogens with two attached hydrogens (primary N) is 1. The molecule has 0 saturated carbocycles. The topological polar surface area (TPSA) is 72.6 Å². The van der Waals surface area contributed by atoms with Crippen LogP contribution in [0, 0.1) is 0 Å². The lowest BCUT2D eigenvalue weighted by Crippen LogP contribution is -2.31. The van der Waals surface area contributed by atoms with Crippen molar-refractivity contribution in [2.75, 3.05) is 25.4 Å². The minimum atomic E-state index is -0.456. The van der Waals surface area contributed by atoms with Crippen molar-refractivity contribution < 1.29 is 14.3 Å². The first-order valence-corrected chi connectivity index (χ1v) is 7.69. The molecule has 1 amide bonds. The van der Waals surface area contributed by atoms with Crippen LogP contribution >= 0.6 is 11.3 Å². The number of rotatable bonds is 3. The van der Waals surface area contributed by atoms with Gasteiger partial charge in [0, 0.05) is 23.5 Å². The number of thiophene rings is 1. The van der Waals surface area contributed by atoms with E-state index in [1.807, 2.05) is 12.1 Å². The number of hydrogen-bond donors (Lipinski definition) is 1. The van der Waals surface area contributed by atoms with Gasteiger partial charge in [-0.15, -0.1) is 11.3 Å². The van der Waals surface area contributed by atoms with Crippen molar-refractivity contribution in [1.29, 1.82) is 0 Å². The number of benzene rings is 1. The molecule has 0 bridgehead atoms. The van der Waals surface area contributed by atoms with Crippen LogP contribution < -0.4 is 5.73 Å². The van der Waals surface area contributed by atoms with Crippen molar-refractivity contribution in [3.63, 3.8) is 0 Å². The number of carbonyl (C=O) groups is 2. The standard InChI is InChI=1S/C15H16N2O3S/c16-11-3-4-12-10(7-11)8-13(21-12)15(19)20-9-14(18)17-5-1-2-6-17/h3-4,7-8H,1-2,5-6,9,16H2. The molecule has 21 heavy (non-hydrogen) atoms. The Labute approximate surface area is 126 Å². The lowest BCUT2D eigenvalue weighted by molar-refractivity contribution is -0.133. The summed E-state index contributed by atoms with van der Waals surface area (Å²) in [7, 11) is 0. The van der Waals surface area contributed by atoms with Crippen LogP contribution in [0.4, 0.5) is 5.69 Å². The van der Waals surface area contributed by atoms with Crippen LogP contribution in [0.25, 0.3) is 10.1 Å². The molecule has 1 aromatic carbocycles. The molecule has 1 aromatic heterocycles. The van der Waals surface area contributed by atoms with Gasteiger partial charge < -0.3 is 15.4 Å². The molecule has 2 aromatic rings. The SMILES string of the molecule is Nc1ccc2sc(C(=O)OCC(=O)N3CCCC3)cc2c1. The van der Waals surface area contributed by atoms with Gasteiger partial charge in [0.2, 0.25) is 0 Å². The summed E-state index contributed by atoms with van der Waals surface area (Å²) in [5.74, 6) is -0.575. The normalized spacial score (nSPS) is 14.6. The Morgan fingerprint density at radius 3 is 2.76 bits per heavy atom. The van der Waals surface area contributed by atoms with Crippen LogP contribution in [0.3, 0.4) is 0 Å². The zero-order valence-electron chi connectivity index (χ0n) is 11.5. The lowest BCUT2D eigenvalue weighted by atomic mass is 10.2. The first-order valence-electron chi connectivity index (χ1n) is 6.87. The molecule has 3 rings (SSSR count). The Bertz CT molecular complexity index is 689. The predicted molar refractivity (Wildman–Crippen MR) is 82.3 cm³/mol. The zero-order valence-corrected chi connectivity index (χ0v) is 12.3. The van der Waals surface area contributed by atoms with Crippen molar-refractivity contribution in [3.05, 3.63) is 29.1 Å². The number of ether oxygens (including phenoxy) is 1. The van der Waals surface area contributed by atoms with Gasteiger partial charge >= 0.3 is 5.97 Å².